The molecule has 1 aromatic carbocycles. The highest BCUT2D eigenvalue weighted by atomic mass is 35.5. The predicted molar refractivity (Wildman–Crippen MR) is 105 cm³/mol. The van der Waals surface area contributed by atoms with Gasteiger partial charge in [0.05, 0.1) is 4.34 Å². The van der Waals surface area contributed by atoms with Gasteiger partial charge in [-0.15, -0.1) is 11.3 Å². The zero-order valence-electron chi connectivity index (χ0n) is 14.4. The summed E-state index contributed by atoms with van der Waals surface area (Å²) in [5, 5.41) is 0. The van der Waals surface area contributed by atoms with E-state index in [1.807, 2.05) is 6.07 Å². The highest BCUT2D eigenvalue weighted by Gasteiger charge is 2.26. The minimum atomic E-state index is -0.484. The summed E-state index contributed by atoms with van der Waals surface area (Å²) in [6.45, 7) is 1.41. The van der Waals surface area contributed by atoms with Gasteiger partial charge in [-0.1, -0.05) is 23.7 Å². The van der Waals surface area contributed by atoms with Crippen LogP contribution in [0.15, 0.2) is 42.5 Å². The Morgan fingerprint density at radius 3 is 2.48 bits per heavy atom. The molecule has 1 saturated heterocycles. The fourth-order valence-electron chi connectivity index (χ4n) is 2.74. The van der Waals surface area contributed by atoms with Crippen molar-refractivity contribution in [1.29, 1.82) is 0 Å². The molecule has 1 aliphatic rings. The number of carbonyl (C=O) groups is 3. The van der Waals surface area contributed by atoms with Crippen molar-refractivity contribution in [2.24, 2.45) is 5.73 Å². The molecule has 0 bridgehead atoms. The minimum Gasteiger partial charge on any atom is -0.366 e. The van der Waals surface area contributed by atoms with Crippen molar-refractivity contribution in [3.05, 3.63) is 62.8 Å². The highest BCUT2D eigenvalue weighted by Crippen LogP contribution is 2.22. The number of nitrogens with zero attached hydrogens (tertiary/aromatic N) is 2. The largest absolute Gasteiger partial charge is 0.366 e. The van der Waals surface area contributed by atoms with Gasteiger partial charge in [-0.2, -0.15) is 0 Å². The molecule has 1 fully saturated rings. The number of carbonyl (C=O) groups excluding carboxylic acids is 3. The van der Waals surface area contributed by atoms with Crippen molar-refractivity contribution in [3.63, 3.8) is 0 Å². The molecule has 27 heavy (non-hydrogen) atoms. The van der Waals surface area contributed by atoms with Crippen molar-refractivity contribution in [3.8, 4) is 0 Å². The van der Waals surface area contributed by atoms with Gasteiger partial charge in [0.1, 0.15) is 6.54 Å². The van der Waals surface area contributed by atoms with Crippen LogP contribution in [-0.4, -0.2) is 47.2 Å². The second-order valence-electron chi connectivity index (χ2n) is 6.11. The number of halogens is 1. The molecule has 0 spiro atoms. The van der Waals surface area contributed by atoms with E-state index in [-0.39, 0.29) is 18.4 Å². The number of hydrogen-bond acceptors (Lipinski definition) is 4. The Morgan fingerprint density at radius 1 is 1.15 bits per heavy atom. The molecule has 8 heteroatoms. The number of amides is 3. The Kier molecular flexibility index (Phi) is 5.93. The van der Waals surface area contributed by atoms with E-state index in [1.165, 1.54) is 22.3 Å². The van der Waals surface area contributed by atoms with Crippen LogP contribution in [0.2, 0.25) is 4.34 Å². The van der Waals surface area contributed by atoms with Gasteiger partial charge in [0.15, 0.2) is 0 Å². The zero-order chi connectivity index (χ0) is 19.4. The van der Waals surface area contributed by atoms with E-state index in [0.29, 0.717) is 29.5 Å². The number of hydrogen-bond donors (Lipinski definition) is 1. The Balaban J connectivity index is 1.55. The Hall–Kier alpha value is -2.64. The standard InChI is InChI=1S/C19H18ClN3O3S/c20-16-7-5-15(27-16)6-8-17(24)23-10-9-22(18(25)12-23)11-13-1-3-14(4-2-13)19(21)26/h1-8H,9-12H2,(H2,21,26)/b8-6+. The number of piperazine rings is 1. The van der Waals surface area contributed by atoms with Gasteiger partial charge in [-0.25, -0.2) is 0 Å². The lowest BCUT2D eigenvalue weighted by Crippen LogP contribution is -2.51. The van der Waals surface area contributed by atoms with E-state index in [1.54, 1.807) is 41.3 Å². The van der Waals surface area contributed by atoms with E-state index < -0.39 is 5.91 Å². The van der Waals surface area contributed by atoms with Crippen LogP contribution in [0.25, 0.3) is 6.08 Å². The first-order valence-electron chi connectivity index (χ1n) is 8.31. The summed E-state index contributed by atoms with van der Waals surface area (Å²) < 4.78 is 0.662. The van der Waals surface area contributed by atoms with Crippen molar-refractivity contribution in [1.82, 2.24) is 9.80 Å². The number of thiophene rings is 1. The average molecular weight is 404 g/mol. The molecular formula is C19H18ClN3O3S. The molecule has 0 radical (unpaired) electrons. The van der Waals surface area contributed by atoms with E-state index >= 15 is 0 Å². The first-order valence-corrected chi connectivity index (χ1v) is 9.50. The van der Waals surface area contributed by atoms with E-state index in [0.717, 1.165) is 10.4 Å². The second-order valence-corrected chi connectivity index (χ2v) is 7.86. The Bertz CT molecular complexity index is 892. The third kappa shape index (κ3) is 4.96. The number of rotatable bonds is 5. The molecule has 6 nitrogen and oxygen atoms in total. The molecule has 0 saturated carbocycles. The van der Waals surface area contributed by atoms with Gasteiger partial charge in [-0.05, 0) is 35.9 Å². The van der Waals surface area contributed by atoms with Gasteiger partial charge in [0, 0.05) is 36.2 Å². The number of nitrogens with two attached hydrogens (primary N) is 1. The normalized spacial score (nSPS) is 14.8. The van der Waals surface area contributed by atoms with Gasteiger partial charge >= 0.3 is 0 Å². The summed E-state index contributed by atoms with van der Waals surface area (Å²) in [5.74, 6) is -0.790. The van der Waals surface area contributed by atoms with Gasteiger partial charge < -0.3 is 15.5 Å². The third-order valence-corrected chi connectivity index (χ3v) is 5.42. The molecule has 0 atom stereocenters. The van der Waals surface area contributed by atoms with Gasteiger partial charge in [-0.3, -0.25) is 14.4 Å². The fourth-order valence-corrected chi connectivity index (χ4v) is 3.70. The molecule has 2 N–H and O–H groups in total. The molecule has 0 unspecified atom stereocenters. The first-order chi connectivity index (χ1) is 12.9. The quantitative estimate of drug-likeness (QED) is 0.778. The van der Waals surface area contributed by atoms with Crippen LogP contribution < -0.4 is 5.73 Å². The fraction of sp³-hybridized carbons (Fsp3) is 0.211. The number of benzene rings is 1. The summed E-state index contributed by atoms with van der Waals surface area (Å²) in [6, 6.07) is 10.4. The molecule has 1 aliphatic heterocycles. The van der Waals surface area contributed by atoms with Gasteiger partial charge in [0.2, 0.25) is 17.7 Å². The van der Waals surface area contributed by atoms with Crippen LogP contribution in [0.4, 0.5) is 0 Å². The predicted octanol–water partition coefficient (Wildman–Crippen LogP) is 2.38. The lowest BCUT2D eigenvalue weighted by Gasteiger charge is -2.34. The molecule has 1 aromatic heterocycles. The van der Waals surface area contributed by atoms with Crippen LogP contribution in [0.1, 0.15) is 20.8 Å². The Labute approximate surface area is 165 Å². The lowest BCUT2D eigenvalue weighted by atomic mass is 10.1. The smallest absolute Gasteiger partial charge is 0.248 e. The lowest BCUT2D eigenvalue weighted by molar-refractivity contribution is -0.143. The van der Waals surface area contributed by atoms with Crippen LogP contribution >= 0.6 is 22.9 Å². The Morgan fingerprint density at radius 2 is 1.89 bits per heavy atom. The molecule has 2 heterocycles. The SMILES string of the molecule is NC(=O)c1ccc(CN2CCN(C(=O)/C=C/c3ccc(Cl)s3)CC2=O)cc1. The van der Waals surface area contributed by atoms with Crippen molar-refractivity contribution < 1.29 is 14.4 Å². The zero-order valence-corrected chi connectivity index (χ0v) is 16.0. The maximum absolute atomic E-state index is 12.4. The molecule has 3 rings (SSSR count). The number of primary amides is 1. The minimum absolute atomic E-state index is 0.0493. The molecule has 2 aromatic rings. The average Bonchev–Trinajstić information content (AvgIpc) is 3.07. The van der Waals surface area contributed by atoms with E-state index in [4.69, 9.17) is 17.3 Å². The monoisotopic (exact) mass is 403 g/mol. The summed E-state index contributed by atoms with van der Waals surface area (Å²) in [4.78, 5) is 39.9. The third-order valence-electron chi connectivity index (χ3n) is 4.23. The van der Waals surface area contributed by atoms with E-state index in [2.05, 4.69) is 0 Å². The molecule has 140 valence electrons. The molecular weight excluding hydrogens is 386 g/mol. The maximum Gasteiger partial charge on any atom is 0.248 e. The summed E-state index contributed by atoms with van der Waals surface area (Å²) in [5.41, 5.74) is 6.56. The highest BCUT2D eigenvalue weighted by molar-refractivity contribution is 7.17. The van der Waals surface area contributed by atoms with Crippen molar-refractivity contribution >= 4 is 46.7 Å². The summed E-state index contributed by atoms with van der Waals surface area (Å²) in [7, 11) is 0. The van der Waals surface area contributed by atoms with Crippen LogP contribution in [-0.2, 0) is 16.1 Å². The van der Waals surface area contributed by atoms with Crippen LogP contribution in [0, 0.1) is 0 Å². The summed E-state index contributed by atoms with van der Waals surface area (Å²) >= 11 is 7.25. The topological polar surface area (TPSA) is 83.7 Å². The van der Waals surface area contributed by atoms with Crippen molar-refractivity contribution in [2.75, 3.05) is 19.6 Å². The summed E-state index contributed by atoms with van der Waals surface area (Å²) in [6.07, 6.45) is 3.17. The first kappa shape index (κ1) is 19.1. The van der Waals surface area contributed by atoms with E-state index in [9.17, 15) is 14.4 Å². The second kappa shape index (κ2) is 8.37. The van der Waals surface area contributed by atoms with Crippen LogP contribution in [0.3, 0.4) is 0 Å². The maximum atomic E-state index is 12.4. The van der Waals surface area contributed by atoms with Crippen molar-refractivity contribution in [2.45, 2.75) is 6.54 Å². The van der Waals surface area contributed by atoms with Gasteiger partial charge in [0.25, 0.3) is 0 Å². The molecule has 0 aliphatic carbocycles. The van der Waals surface area contributed by atoms with Crippen LogP contribution in [0.5, 0.6) is 0 Å². The molecule has 3 amide bonds.